The van der Waals surface area contributed by atoms with Gasteiger partial charge in [0.25, 0.3) is 26.0 Å². The molecule has 0 aliphatic rings. The third kappa shape index (κ3) is 11.3. The predicted octanol–water partition coefficient (Wildman–Crippen LogP) is 9.54. The van der Waals surface area contributed by atoms with Gasteiger partial charge in [-0.1, -0.05) is 58.5 Å². The van der Waals surface area contributed by atoms with Crippen molar-refractivity contribution in [1.82, 2.24) is 19.9 Å². The molecule has 0 aliphatic carbocycles. The van der Waals surface area contributed by atoms with Crippen molar-refractivity contribution in [2.75, 3.05) is 14.8 Å². The SMILES string of the molecule is Cc1cc(NS(=O)(=O)c2ccc(N=Nc3cc(N=Nc4ccc(S(=O)(=O)Nc5cc(C)nc(C)n5)cc4)c4c(NC(=O)C(Cl)Cl)cccc4c3OC(=O)C(Cl)Cl)cc2)nc(C)n1. The number of carbonyl (C=O) groups is 2. The van der Waals surface area contributed by atoms with Crippen LogP contribution in [0.25, 0.3) is 10.8 Å². The maximum Gasteiger partial charge on any atom is 0.344 e. The number of anilines is 3. The minimum atomic E-state index is -4.06. The van der Waals surface area contributed by atoms with E-state index in [0.29, 0.717) is 23.0 Å². The van der Waals surface area contributed by atoms with E-state index in [1.54, 1.807) is 27.7 Å². The van der Waals surface area contributed by atoms with Gasteiger partial charge >= 0.3 is 5.97 Å². The Morgan fingerprint density at radius 2 is 1.10 bits per heavy atom. The van der Waals surface area contributed by atoms with Gasteiger partial charge in [0.2, 0.25) is 4.84 Å². The van der Waals surface area contributed by atoms with Crippen molar-refractivity contribution < 1.29 is 31.2 Å². The van der Waals surface area contributed by atoms with Crippen molar-refractivity contribution in [2.24, 2.45) is 20.5 Å². The van der Waals surface area contributed by atoms with Crippen LogP contribution in [0, 0.1) is 27.7 Å². The summed E-state index contributed by atoms with van der Waals surface area (Å²) < 4.78 is 63.0. The van der Waals surface area contributed by atoms with E-state index in [2.05, 4.69) is 55.2 Å². The van der Waals surface area contributed by atoms with Crippen molar-refractivity contribution in [1.29, 1.82) is 0 Å². The summed E-state index contributed by atoms with van der Waals surface area (Å²) in [5.74, 6) is -1.13. The van der Waals surface area contributed by atoms with Crippen LogP contribution >= 0.6 is 46.4 Å². The van der Waals surface area contributed by atoms with Crippen LogP contribution in [0.5, 0.6) is 5.75 Å². The van der Waals surface area contributed by atoms with E-state index in [9.17, 15) is 26.4 Å². The van der Waals surface area contributed by atoms with Gasteiger partial charge in [0.05, 0.1) is 32.5 Å². The van der Waals surface area contributed by atoms with E-state index in [1.807, 2.05) is 0 Å². The molecule has 1 amide bonds. The molecule has 4 aromatic carbocycles. The first-order valence-electron chi connectivity index (χ1n) is 17.7. The molecule has 2 aromatic heterocycles. The van der Waals surface area contributed by atoms with Gasteiger partial charge in [0.15, 0.2) is 10.6 Å². The van der Waals surface area contributed by atoms with E-state index < -0.39 is 41.6 Å². The number of ether oxygens (including phenoxy) is 1. The Kier molecular flexibility index (Phi) is 14.0. The van der Waals surface area contributed by atoms with Crippen LogP contribution in [0.2, 0.25) is 0 Å². The van der Waals surface area contributed by atoms with Crippen LogP contribution in [0.3, 0.4) is 0 Å². The van der Waals surface area contributed by atoms with Crippen LogP contribution in [-0.4, -0.2) is 58.3 Å². The third-order valence-electron chi connectivity index (χ3n) is 8.16. The van der Waals surface area contributed by atoms with E-state index in [1.165, 1.54) is 84.9 Å². The molecule has 0 unspecified atom stereocenters. The van der Waals surface area contributed by atoms with Crippen LogP contribution < -0.4 is 19.5 Å². The molecule has 24 heteroatoms. The summed E-state index contributed by atoms with van der Waals surface area (Å²) in [6, 6.07) is 19.6. The maximum absolute atomic E-state index is 13.2. The van der Waals surface area contributed by atoms with E-state index in [-0.39, 0.29) is 66.4 Å². The molecule has 6 rings (SSSR count). The fourth-order valence-electron chi connectivity index (χ4n) is 5.66. The van der Waals surface area contributed by atoms with Gasteiger partial charge in [0, 0.05) is 34.3 Å². The largest absolute Gasteiger partial charge is 0.421 e. The summed E-state index contributed by atoms with van der Waals surface area (Å²) in [5, 5.41) is 20.1. The number of benzene rings is 4. The molecule has 0 aliphatic heterocycles. The quantitative estimate of drug-likeness (QED) is 0.0401. The van der Waals surface area contributed by atoms with Gasteiger partial charge in [-0.05, 0) is 88.4 Å². The smallest absolute Gasteiger partial charge is 0.344 e. The zero-order valence-corrected chi connectivity index (χ0v) is 37.2. The Morgan fingerprint density at radius 3 is 1.55 bits per heavy atom. The number of nitrogens with one attached hydrogen (secondary N) is 3. The number of esters is 1. The standard InChI is InChI=1S/C38H31Cl4N11O7S2/c1-19-16-31(45-21(3)43-19)52-61(56,57)25-12-8-23(9-13-25)48-50-29-18-30(34(60-38(55)36(41)42)27-6-5-7-28(33(27)29)47-37(54)35(39)40)51-49-24-10-14-26(15-11-24)62(58,59)53-32-17-20(2)44-22(4)46-32/h5-18,35-36H,1-4H3,(H,47,54)(H,43,45,52)(H,44,46,53). The molecule has 0 bridgehead atoms. The number of aromatic nitrogens is 4. The van der Waals surface area contributed by atoms with Crippen LogP contribution in [-0.2, 0) is 29.6 Å². The lowest BCUT2D eigenvalue weighted by atomic mass is 10.0. The fraction of sp³-hybridized carbons (Fsp3) is 0.158. The highest BCUT2D eigenvalue weighted by atomic mass is 35.5. The average Bonchev–Trinajstić information content (AvgIpc) is 3.19. The van der Waals surface area contributed by atoms with Crippen LogP contribution in [0.15, 0.2) is 115 Å². The summed E-state index contributed by atoms with van der Waals surface area (Å²) in [6.07, 6.45) is 0. The number of halogens is 4. The molecule has 0 saturated heterocycles. The molecule has 0 atom stereocenters. The number of hydrogen-bond acceptors (Lipinski definition) is 15. The monoisotopic (exact) mass is 957 g/mol. The normalized spacial score (nSPS) is 12.1. The first kappa shape index (κ1) is 45.6. The van der Waals surface area contributed by atoms with Crippen molar-refractivity contribution in [2.45, 2.75) is 47.2 Å². The van der Waals surface area contributed by atoms with E-state index in [4.69, 9.17) is 51.1 Å². The maximum atomic E-state index is 13.2. The van der Waals surface area contributed by atoms with Crippen molar-refractivity contribution >= 4 is 129 Å². The number of carbonyl (C=O) groups excluding carboxylic acids is 2. The Hall–Kier alpha value is -5.90. The number of fused-ring (bicyclic) bond motifs is 1. The molecular weight excluding hydrogens is 928 g/mol. The molecule has 320 valence electrons. The lowest BCUT2D eigenvalue weighted by Crippen LogP contribution is -2.19. The van der Waals surface area contributed by atoms with Gasteiger partial charge in [-0.15, -0.1) is 10.2 Å². The molecule has 0 saturated carbocycles. The zero-order chi connectivity index (χ0) is 44.9. The number of nitrogens with zero attached hydrogens (tertiary/aromatic N) is 8. The van der Waals surface area contributed by atoms with Crippen molar-refractivity contribution in [3.8, 4) is 5.75 Å². The fourth-order valence-corrected chi connectivity index (χ4v) is 7.84. The molecule has 6 aromatic rings. The lowest BCUT2D eigenvalue weighted by molar-refractivity contribution is -0.132. The van der Waals surface area contributed by atoms with E-state index >= 15 is 0 Å². The molecular formula is C38H31Cl4N11O7S2. The topological polar surface area (TPSA) is 249 Å². The third-order valence-corrected chi connectivity index (χ3v) is 11.7. The molecule has 18 nitrogen and oxygen atoms in total. The second-order valence-corrected chi connectivity index (χ2v) is 18.5. The van der Waals surface area contributed by atoms with Gasteiger partial charge in [-0.25, -0.2) is 41.6 Å². The number of alkyl halides is 4. The highest BCUT2D eigenvalue weighted by Crippen LogP contribution is 2.46. The average molecular weight is 960 g/mol. The highest BCUT2D eigenvalue weighted by molar-refractivity contribution is 7.93. The highest BCUT2D eigenvalue weighted by Gasteiger charge is 2.24. The molecule has 0 spiro atoms. The minimum Gasteiger partial charge on any atom is -0.421 e. The Morgan fingerprint density at radius 1 is 0.613 bits per heavy atom. The Labute approximate surface area is 374 Å². The molecule has 62 heavy (non-hydrogen) atoms. The second-order valence-electron chi connectivity index (χ2n) is 13.0. The minimum absolute atomic E-state index is 0.0363. The number of sulfonamides is 2. The zero-order valence-electron chi connectivity index (χ0n) is 32.5. The van der Waals surface area contributed by atoms with Gasteiger partial charge in [-0.3, -0.25) is 14.2 Å². The summed E-state index contributed by atoms with van der Waals surface area (Å²) in [6.45, 7) is 6.68. The van der Waals surface area contributed by atoms with Gasteiger partial charge in [0.1, 0.15) is 29.0 Å². The molecule has 2 heterocycles. The number of aryl methyl sites for hydroxylation is 4. The number of amides is 1. The Bertz CT molecular complexity index is 2950. The van der Waals surface area contributed by atoms with Crippen LogP contribution in [0.1, 0.15) is 23.0 Å². The molecule has 0 radical (unpaired) electrons. The first-order valence-corrected chi connectivity index (χ1v) is 22.4. The Balaban J connectivity index is 1.39. The molecule has 0 fully saturated rings. The summed E-state index contributed by atoms with van der Waals surface area (Å²) in [5.41, 5.74) is 1.57. The summed E-state index contributed by atoms with van der Waals surface area (Å²) in [4.78, 5) is 38.8. The number of azo groups is 2. The van der Waals surface area contributed by atoms with Crippen molar-refractivity contribution in [3.05, 3.63) is 108 Å². The molecule has 3 N–H and O–H groups in total. The lowest BCUT2D eigenvalue weighted by Gasteiger charge is -2.16. The van der Waals surface area contributed by atoms with Gasteiger partial charge in [-0.2, -0.15) is 10.2 Å². The number of hydrogen-bond donors (Lipinski definition) is 3. The first-order chi connectivity index (χ1) is 29.3. The number of rotatable bonds is 14. The van der Waals surface area contributed by atoms with Crippen molar-refractivity contribution in [3.63, 3.8) is 0 Å². The second kappa shape index (κ2) is 19.0. The van der Waals surface area contributed by atoms with Crippen LogP contribution in [0.4, 0.5) is 40.1 Å². The van der Waals surface area contributed by atoms with Gasteiger partial charge < -0.3 is 10.1 Å². The summed E-state index contributed by atoms with van der Waals surface area (Å²) in [7, 11) is -8.12. The van der Waals surface area contributed by atoms with E-state index in [0.717, 1.165) is 0 Å². The summed E-state index contributed by atoms with van der Waals surface area (Å²) >= 11 is 23.4. The predicted molar refractivity (Wildman–Crippen MR) is 235 cm³/mol.